The molecule has 0 radical (unpaired) electrons. The van der Waals surface area contributed by atoms with E-state index in [-0.39, 0.29) is 6.04 Å². The summed E-state index contributed by atoms with van der Waals surface area (Å²) in [5.74, 6) is -1.24. The van der Waals surface area contributed by atoms with Crippen LogP contribution in [0, 0.1) is 11.3 Å². The van der Waals surface area contributed by atoms with E-state index in [0.29, 0.717) is 24.3 Å². The quantitative estimate of drug-likeness (QED) is 0.803. The number of rotatable bonds is 1. The van der Waals surface area contributed by atoms with Crippen LogP contribution in [0.3, 0.4) is 0 Å². The normalized spacial score (nSPS) is 16.3. The minimum atomic E-state index is -0.677. The molecule has 0 unspecified atom stereocenters. The van der Waals surface area contributed by atoms with Crippen LogP contribution in [0.25, 0.3) is 0 Å². The number of nitriles is 1. The summed E-state index contributed by atoms with van der Waals surface area (Å²) in [6.07, 6.45) is 0. The van der Waals surface area contributed by atoms with E-state index in [4.69, 9.17) is 5.26 Å². The lowest BCUT2D eigenvalue weighted by molar-refractivity contribution is -0.144. The van der Waals surface area contributed by atoms with Gasteiger partial charge in [-0.3, -0.25) is 9.59 Å². The van der Waals surface area contributed by atoms with Gasteiger partial charge in [0.1, 0.15) is 0 Å². The summed E-state index contributed by atoms with van der Waals surface area (Å²) in [6, 6.07) is 16.2. The zero-order valence-corrected chi connectivity index (χ0v) is 14.8. The van der Waals surface area contributed by atoms with Crippen molar-refractivity contribution in [3.8, 4) is 6.07 Å². The molecule has 2 aromatic rings. The average Bonchev–Trinajstić information content (AvgIpc) is 2.78. The smallest absolute Gasteiger partial charge is 0.313 e. The number of hydrogen-bond donors (Lipinski definition) is 1. The van der Waals surface area contributed by atoms with E-state index in [0.717, 1.165) is 11.3 Å². The Hall–Kier alpha value is -3.33. The fraction of sp³-hybridized carbons (Fsp3) is 0.250. The van der Waals surface area contributed by atoms with Crippen molar-refractivity contribution in [1.82, 2.24) is 4.90 Å². The molecule has 26 heavy (non-hydrogen) atoms. The number of para-hydroxylation sites is 1. The van der Waals surface area contributed by atoms with Crippen LogP contribution in [0.1, 0.15) is 18.1 Å². The summed E-state index contributed by atoms with van der Waals surface area (Å²) in [4.78, 5) is 28.9. The Balaban J connectivity index is 1.77. The van der Waals surface area contributed by atoms with Crippen molar-refractivity contribution in [2.75, 3.05) is 23.8 Å². The number of carbonyl (C=O) groups is 2. The van der Waals surface area contributed by atoms with E-state index >= 15 is 0 Å². The molecule has 0 spiro atoms. The van der Waals surface area contributed by atoms with E-state index in [2.05, 4.69) is 10.2 Å². The molecule has 1 N–H and O–H groups in total. The Kier molecular flexibility index (Phi) is 4.90. The first-order chi connectivity index (χ1) is 12.5. The van der Waals surface area contributed by atoms with Crippen molar-refractivity contribution in [3.05, 3.63) is 59.7 Å². The van der Waals surface area contributed by atoms with Gasteiger partial charge in [0.25, 0.3) is 0 Å². The summed E-state index contributed by atoms with van der Waals surface area (Å²) in [6.45, 7) is 2.98. The minimum Gasteiger partial charge on any atom is -0.372 e. The van der Waals surface area contributed by atoms with Gasteiger partial charge in [0.05, 0.1) is 11.6 Å². The second kappa shape index (κ2) is 7.28. The van der Waals surface area contributed by atoms with Gasteiger partial charge >= 0.3 is 11.8 Å². The predicted molar refractivity (Wildman–Crippen MR) is 99.5 cm³/mol. The number of nitrogens with zero attached hydrogens (tertiary/aromatic N) is 3. The first-order valence-electron chi connectivity index (χ1n) is 8.40. The Morgan fingerprint density at radius 1 is 1.15 bits per heavy atom. The zero-order chi connectivity index (χ0) is 18.7. The lowest BCUT2D eigenvalue weighted by Gasteiger charge is -2.28. The first-order valence-corrected chi connectivity index (χ1v) is 8.40. The highest BCUT2D eigenvalue weighted by Crippen LogP contribution is 2.26. The van der Waals surface area contributed by atoms with Crippen molar-refractivity contribution in [2.45, 2.75) is 19.5 Å². The monoisotopic (exact) mass is 348 g/mol. The van der Waals surface area contributed by atoms with Crippen LogP contribution >= 0.6 is 0 Å². The van der Waals surface area contributed by atoms with Gasteiger partial charge in [-0.2, -0.15) is 5.26 Å². The molecule has 2 aromatic carbocycles. The maximum atomic E-state index is 12.7. The summed E-state index contributed by atoms with van der Waals surface area (Å²) < 4.78 is 0. The summed E-state index contributed by atoms with van der Waals surface area (Å²) in [5, 5.41) is 11.4. The number of hydrogen-bond acceptors (Lipinski definition) is 4. The van der Waals surface area contributed by atoms with Crippen LogP contribution in [0.15, 0.2) is 48.5 Å². The Bertz CT molecular complexity index is 870. The number of nitrogens with one attached hydrogen (secondary N) is 1. The molecule has 0 saturated heterocycles. The number of likely N-dealkylation sites (N-methyl/N-ethyl adjacent to an activating group) is 1. The van der Waals surface area contributed by atoms with Crippen molar-refractivity contribution in [1.29, 1.82) is 5.26 Å². The van der Waals surface area contributed by atoms with E-state index < -0.39 is 11.8 Å². The third kappa shape index (κ3) is 3.52. The van der Waals surface area contributed by atoms with Crippen molar-refractivity contribution in [2.24, 2.45) is 0 Å². The van der Waals surface area contributed by atoms with Crippen LogP contribution in [0.4, 0.5) is 11.4 Å². The van der Waals surface area contributed by atoms with E-state index in [9.17, 15) is 9.59 Å². The van der Waals surface area contributed by atoms with Gasteiger partial charge in [0.15, 0.2) is 0 Å². The highest BCUT2D eigenvalue weighted by Gasteiger charge is 2.30. The summed E-state index contributed by atoms with van der Waals surface area (Å²) in [7, 11) is 1.99. The fourth-order valence-electron chi connectivity index (χ4n) is 3.16. The molecule has 0 saturated carbocycles. The molecule has 0 aromatic heterocycles. The topological polar surface area (TPSA) is 76.4 Å². The molecular weight excluding hydrogens is 328 g/mol. The second-order valence-electron chi connectivity index (χ2n) is 6.43. The second-order valence-corrected chi connectivity index (χ2v) is 6.43. The Morgan fingerprint density at radius 3 is 2.54 bits per heavy atom. The van der Waals surface area contributed by atoms with Gasteiger partial charge in [-0.05, 0) is 42.8 Å². The van der Waals surface area contributed by atoms with Crippen LogP contribution < -0.4 is 10.2 Å². The van der Waals surface area contributed by atoms with Crippen LogP contribution in [0.2, 0.25) is 0 Å². The lowest BCUT2D eigenvalue weighted by atomic mass is 10.1. The highest BCUT2D eigenvalue weighted by molar-refractivity contribution is 6.39. The molecule has 0 bridgehead atoms. The third-order valence-electron chi connectivity index (χ3n) is 4.54. The van der Waals surface area contributed by atoms with Crippen molar-refractivity contribution in [3.63, 3.8) is 0 Å². The SMILES string of the molecule is C[C@@H]1CN(C)c2ccccc2CN1C(=O)C(=O)Nc1ccc(C#N)cc1. The Morgan fingerprint density at radius 2 is 1.85 bits per heavy atom. The first kappa shape index (κ1) is 17.5. The number of benzene rings is 2. The average molecular weight is 348 g/mol. The van der Waals surface area contributed by atoms with E-state index in [1.54, 1.807) is 29.2 Å². The minimum absolute atomic E-state index is 0.105. The zero-order valence-electron chi connectivity index (χ0n) is 14.8. The van der Waals surface area contributed by atoms with Crippen LogP contribution in [0.5, 0.6) is 0 Å². The molecule has 1 atom stereocenters. The fourth-order valence-corrected chi connectivity index (χ4v) is 3.16. The van der Waals surface area contributed by atoms with Gasteiger partial charge in [0.2, 0.25) is 0 Å². The maximum absolute atomic E-state index is 12.7. The van der Waals surface area contributed by atoms with E-state index in [1.807, 2.05) is 44.3 Å². The number of amides is 2. The number of fused-ring (bicyclic) bond motifs is 1. The molecule has 6 heteroatoms. The van der Waals surface area contributed by atoms with E-state index in [1.165, 1.54) is 0 Å². The molecule has 3 rings (SSSR count). The van der Waals surface area contributed by atoms with Gasteiger partial charge in [-0.1, -0.05) is 18.2 Å². The van der Waals surface area contributed by atoms with Gasteiger partial charge in [-0.15, -0.1) is 0 Å². The summed E-state index contributed by atoms with van der Waals surface area (Å²) >= 11 is 0. The molecule has 6 nitrogen and oxygen atoms in total. The standard InChI is InChI=1S/C20H20N4O2/c1-14-12-23(2)18-6-4-3-5-16(18)13-24(14)20(26)19(25)22-17-9-7-15(11-21)8-10-17/h3-10,14H,12-13H2,1-2H3,(H,22,25)/t14-/m1/s1. The third-order valence-corrected chi connectivity index (χ3v) is 4.54. The lowest BCUT2D eigenvalue weighted by Crippen LogP contribution is -2.46. The van der Waals surface area contributed by atoms with Gasteiger partial charge in [0, 0.05) is 37.6 Å². The molecule has 0 aliphatic carbocycles. The van der Waals surface area contributed by atoms with Crippen molar-refractivity contribution < 1.29 is 9.59 Å². The maximum Gasteiger partial charge on any atom is 0.313 e. The predicted octanol–water partition coefficient (Wildman–Crippen LogP) is 2.36. The molecule has 2 amide bonds. The van der Waals surface area contributed by atoms with Crippen molar-refractivity contribution >= 4 is 23.2 Å². The molecule has 1 aliphatic heterocycles. The van der Waals surface area contributed by atoms with Gasteiger partial charge < -0.3 is 15.1 Å². The number of anilines is 2. The van der Waals surface area contributed by atoms with Crippen LogP contribution in [-0.4, -0.2) is 36.3 Å². The number of carbonyl (C=O) groups excluding carboxylic acids is 2. The molecule has 0 fully saturated rings. The molecule has 132 valence electrons. The van der Waals surface area contributed by atoms with Gasteiger partial charge in [-0.25, -0.2) is 0 Å². The molecular formula is C20H20N4O2. The highest BCUT2D eigenvalue weighted by atomic mass is 16.2. The largest absolute Gasteiger partial charge is 0.372 e. The van der Waals surface area contributed by atoms with Crippen LogP contribution in [-0.2, 0) is 16.1 Å². The Labute approximate surface area is 152 Å². The molecule has 1 aliphatic rings. The summed E-state index contributed by atoms with van der Waals surface area (Å²) in [5.41, 5.74) is 3.07. The molecule has 1 heterocycles.